The average molecular weight is 1260 g/mol. The van der Waals surface area contributed by atoms with Crippen LogP contribution in [0.4, 0.5) is 0 Å². The fraction of sp³-hybridized carbons (Fsp3) is 0.939. The minimum absolute atomic E-state index is 0.105. The molecule has 0 aromatic rings. The summed E-state index contributed by atoms with van der Waals surface area (Å²) in [7, 11) is -9.89. The van der Waals surface area contributed by atoms with Crippen molar-refractivity contribution < 1.29 is 80.2 Å². The minimum Gasteiger partial charge on any atom is -0.462 e. The molecule has 7 atom stereocenters. The Bertz CT molecular complexity index is 1670. The van der Waals surface area contributed by atoms with E-state index in [-0.39, 0.29) is 25.7 Å². The highest BCUT2D eigenvalue weighted by Crippen LogP contribution is 2.45. The van der Waals surface area contributed by atoms with Gasteiger partial charge in [-0.15, -0.1) is 0 Å². The zero-order valence-electron chi connectivity index (χ0n) is 54.9. The summed E-state index contributed by atoms with van der Waals surface area (Å²) in [6, 6.07) is 0. The second-order valence-corrected chi connectivity index (χ2v) is 27.2. The molecule has 4 unspecified atom stereocenters. The second kappa shape index (κ2) is 58.4. The quantitative estimate of drug-likeness (QED) is 0.0222. The lowest BCUT2D eigenvalue weighted by molar-refractivity contribution is -0.161. The highest BCUT2D eigenvalue weighted by Gasteiger charge is 2.30. The van der Waals surface area contributed by atoms with Crippen LogP contribution < -0.4 is 0 Å². The van der Waals surface area contributed by atoms with Crippen molar-refractivity contribution in [2.24, 2.45) is 11.8 Å². The van der Waals surface area contributed by atoms with Crippen LogP contribution in [0.1, 0.15) is 330 Å². The Balaban J connectivity index is 5.23. The van der Waals surface area contributed by atoms with Crippen molar-refractivity contribution in [2.75, 3.05) is 39.6 Å². The summed E-state index contributed by atoms with van der Waals surface area (Å²) in [4.78, 5) is 72.2. The molecule has 0 saturated carbocycles. The number of phosphoric acid groups is 2. The van der Waals surface area contributed by atoms with Gasteiger partial charge in [0.1, 0.15) is 19.3 Å². The Hall–Kier alpha value is -1.94. The molecule has 19 heteroatoms. The van der Waals surface area contributed by atoms with Crippen LogP contribution in [0.2, 0.25) is 0 Å². The van der Waals surface area contributed by atoms with Crippen molar-refractivity contribution in [2.45, 2.75) is 349 Å². The maximum absolute atomic E-state index is 13.0. The fourth-order valence-electron chi connectivity index (χ4n) is 9.82. The molecule has 17 nitrogen and oxygen atoms in total. The van der Waals surface area contributed by atoms with E-state index in [0.717, 1.165) is 108 Å². The van der Waals surface area contributed by atoms with Crippen molar-refractivity contribution in [1.29, 1.82) is 0 Å². The van der Waals surface area contributed by atoms with Crippen LogP contribution in [0.5, 0.6) is 0 Å². The molecule has 0 aromatic carbocycles. The van der Waals surface area contributed by atoms with E-state index in [4.69, 9.17) is 37.0 Å². The molecule has 0 aliphatic carbocycles. The predicted molar refractivity (Wildman–Crippen MR) is 340 cm³/mol. The Kier molecular flexibility index (Phi) is 57.1. The van der Waals surface area contributed by atoms with Crippen LogP contribution in [-0.2, 0) is 65.4 Å². The number of carbonyl (C=O) groups excluding carboxylic acids is 4. The Morgan fingerprint density at radius 2 is 0.565 bits per heavy atom. The SMILES string of the molecule is CCCCCCCCCCCC(=O)O[C@H](COC(=O)CCCCCCCCCC)COP(=O)(O)OC[C@H](O)COP(=O)(O)OC[C@@H](COC(=O)CCCCCCCCCCCCC(C)CC)OC(=O)CCCCCCCCCCCCC(C)CC. The molecule has 504 valence electrons. The number of aliphatic hydroxyl groups excluding tert-OH is 1. The van der Waals surface area contributed by atoms with Crippen molar-refractivity contribution in [3.05, 3.63) is 0 Å². The third-order valence-corrected chi connectivity index (χ3v) is 17.8. The molecule has 85 heavy (non-hydrogen) atoms. The van der Waals surface area contributed by atoms with Gasteiger partial charge in [0, 0.05) is 25.7 Å². The van der Waals surface area contributed by atoms with Gasteiger partial charge in [-0.1, -0.05) is 279 Å². The monoisotopic (exact) mass is 1250 g/mol. The highest BCUT2D eigenvalue weighted by atomic mass is 31.2. The van der Waals surface area contributed by atoms with Crippen LogP contribution in [0.3, 0.4) is 0 Å². The van der Waals surface area contributed by atoms with E-state index in [1.807, 2.05) is 0 Å². The lowest BCUT2D eigenvalue weighted by Gasteiger charge is -2.21. The molecule has 0 fully saturated rings. The molecule has 0 bridgehead atoms. The van der Waals surface area contributed by atoms with Gasteiger partial charge >= 0.3 is 39.5 Å². The molecule has 0 radical (unpaired) electrons. The zero-order valence-corrected chi connectivity index (χ0v) is 56.7. The van der Waals surface area contributed by atoms with Crippen LogP contribution >= 0.6 is 15.6 Å². The first-order valence-corrected chi connectivity index (χ1v) is 37.6. The second-order valence-electron chi connectivity index (χ2n) is 24.3. The lowest BCUT2D eigenvalue weighted by Crippen LogP contribution is -2.30. The first kappa shape index (κ1) is 83.1. The van der Waals surface area contributed by atoms with Crippen molar-refractivity contribution >= 4 is 39.5 Å². The van der Waals surface area contributed by atoms with E-state index in [1.54, 1.807) is 0 Å². The maximum Gasteiger partial charge on any atom is 0.472 e. The average Bonchev–Trinajstić information content (AvgIpc) is 3.50. The smallest absolute Gasteiger partial charge is 0.462 e. The Morgan fingerprint density at radius 1 is 0.329 bits per heavy atom. The van der Waals surface area contributed by atoms with Crippen molar-refractivity contribution in [3.63, 3.8) is 0 Å². The van der Waals surface area contributed by atoms with Crippen LogP contribution in [0, 0.1) is 11.8 Å². The van der Waals surface area contributed by atoms with Crippen molar-refractivity contribution in [1.82, 2.24) is 0 Å². The van der Waals surface area contributed by atoms with Gasteiger partial charge in [0.25, 0.3) is 0 Å². The van der Waals surface area contributed by atoms with E-state index >= 15 is 0 Å². The van der Waals surface area contributed by atoms with Gasteiger partial charge in [-0.05, 0) is 37.5 Å². The van der Waals surface area contributed by atoms with Gasteiger partial charge in [0.05, 0.1) is 26.4 Å². The van der Waals surface area contributed by atoms with Gasteiger partial charge < -0.3 is 33.8 Å². The molecular weight excluding hydrogens is 1130 g/mol. The summed E-state index contributed by atoms with van der Waals surface area (Å²) in [5.41, 5.74) is 0. The summed E-state index contributed by atoms with van der Waals surface area (Å²) in [6.07, 6.45) is 41.5. The van der Waals surface area contributed by atoms with E-state index in [0.29, 0.717) is 25.7 Å². The number of esters is 4. The number of hydrogen-bond donors (Lipinski definition) is 3. The molecule has 0 aromatic heterocycles. The molecule has 0 amide bonds. The van der Waals surface area contributed by atoms with E-state index < -0.39 is 97.5 Å². The van der Waals surface area contributed by atoms with Crippen LogP contribution in [0.15, 0.2) is 0 Å². The Morgan fingerprint density at radius 3 is 0.835 bits per heavy atom. The number of rotatable bonds is 65. The molecule has 0 saturated heterocycles. The zero-order chi connectivity index (χ0) is 62.9. The fourth-order valence-corrected chi connectivity index (χ4v) is 11.4. The summed E-state index contributed by atoms with van der Waals surface area (Å²) >= 11 is 0. The van der Waals surface area contributed by atoms with Gasteiger partial charge in [0.15, 0.2) is 12.2 Å². The van der Waals surface area contributed by atoms with Crippen LogP contribution in [-0.4, -0.2) is 96.7 Å². The summed E-state index contributed by atoms with van der Waals surface area (Å²) < 4.78 is 68.0. The van der Waals surface area contributed by atoms with Gasteiger partial charge in [-0.25, -0.2) is 9.13 Å². The van der Waals surface area contributed by atoms with Gasteiger partial charge in [-0.3, -0.25) is 37.3 Å². The summed E-state index contributed by atoms with van der Waals surface area (Å²) in [5, 5.41) is 10.5. The standard InChI is InChI=1S/C66H128O17P2/c1-7-11-13-15-17-23-32-38-44-50-65(70)82-61(54-76-63(68)48-42-36-30-18-16-14-12-8-2)56-80-84(72,73)78-52-60(67)53-79-85(74,75)81-57-62(83-66(71)51-45-39-33-27-22-20-25-29-35-41-47-59(6)10-4)55-77-64(69)49-43-37-31-26-21-19-24-28-34-40-46-58(5)9-3/h58-62,67H,7-57H2,1-6H3,(H,72,73)(H,74,75)/t58?,59?,60-,61+,62+/m0/s1. The number of unbranched alkanes of at least 4 members (excludes halogenated alkanes) is 33. The van der Waals surface area contributed by atoms with E-state index in [1.165, 1.54) is 141 Å². The lowest BCUT2D eigenvalue weighted by atomic mass is 9.99. The number of aliphatic hydroxyl groups is 1. The summed E-state index contributed by atoms with van der Waals surface area (Å²) in [5.74, 6) is -0.521. The molecule has 0 heterocycles. The number of hydrogen-bond acceptors (Lipinski definition) is 15. The first-order chi connectivity index (χ1) is 40.9. The third-order valence-electron chi connectivity index (χ3n) is 15.9. The van der Waals surface area contributed by atoms with Gasteiger partial charge in [0.2, 0.25) is 0 Å². The largest absolute Gasteiger partial charge is 0.472 e. The van der Waals surface area contributed by atoms with Crippen molar-refractivity contribution in [3.8, 4) is 0 Å². The maximum atomic E-state index is 13.0. The van der Waals surface area contributed by atoms with Crippen LogP contribution in [0.25, 0.3) is 0 Å². The number of carbonyl (C=O) groups is 4. The first-order valence-electron chi connectivity index (χ1n) is 34.6. The number of ether oxygens (including phenoxy) is 4. The molecule has 0 spiro atoms. The molecule has 3 N–H and O–H groups in total. The van der Waals surface area contributed by atoms with E-state index in [2.05, 4.69) is 41.5 Å². The topological polar surface area (TPSA) is 237 Å². The highest BCUT2D eigenvalue weighted by molar-refractivity contribution is 7.47. The molecule has 0 aliphatic rings. The number of phosphoric ester groups is 2. The minimum atomic E-state index is -4.95. The molecule has 0 rings (SSSR count). The van der Waals surface area contributed by atoms with Gasteiger partial charge in [-0.2, -0.15) is 0 Å². The molecule has 0 aliphatic heterocycles. The summed E-state index contributed by atoms with van der Waals surface area (Å²) in [6.45, 7) is 9.53. The van der Waals surface area contributed by atoms with E-state index in [9.17, 15) is 43.2 Å². The molecular formula is C66H128O17P2. The normalized spacial score (nSPS) is 14.9. The predicted octanol–water partition coefficient (Wildman–Crippen LogP) is 18.4. The third kappa shape index (κ3) is 58.2. The Labute approximate surface area is 517 Å².